The van der Waals surface area contributed by atoms with Crippen molar-refractivity contribution in [2.45, 2.75) is 34.1 Å². The highest BCUT2D eigenvalue weighted by Crippen LogP contribution is 2.21. The number of hydrogen-bond acceptors (Lipinski definition) is 4. The van der Waals surface area contributed by atoms with E-state index >= 15 is 0 Å². The normalized spacial score (nSPS) is 14.3. The Labute approximate surface area is 178 Å². The van der Waals surface area contributed by atoms with Crippen LogP contribution in [0.2, 0.25) is 0 Å². The number of hydrogen-bond donors (Lipinski definition) is 0. The van der Waals surface area contributed by atoms with Gasteiger partial charge in [0.25, 0.3) is 0 Å². The molecule has 0 spiro atoms. The number of aryl methyl sites for hydroxylation is 3. The van der Waals surface area contributed by atoms with Crippen molar-refractivity contribution < 1.29 is 4.79 Å². The molecule has 1 aliphatic rings. The summed E-state index contributed by atoms with van der Waals surface area (Å²) < 4.78 is 1.96. The maximum Gasteiger partial charge on any atom is 0.227 e. The van der Waals surface area contributed by atoms with Crippen LogP contribution < -0.4 is 4.90 Å². The van der Waals surface area contributed by atoms with Crippen molar-refractivity contribution in [1.82, 2.24) is 19.7 Å². The minimum Gasteiger partial charge on any atom is -0.353 e. The predicted octanol–water partition coefficient (Wildman–Crippen LogP) is 3.39. The van der Waals surface area contributed by atoms with E-state index in [4.69, 9.17) is 5.10 Å². The summed E-state index contributed by atoms with van der Waals surface area (Å²) in [6.07, 6.45) is 2.21. The number of rotatable bonds is 4. The van der Waals surface area contributed by atoms with Gasteiger partial charge in [0, 0.05) is 43.6 Å². The highest BCUT2D eigenvalue weighted by Gasteiger charge is 2.24. The Morgan fingerprint density at radius 1 is 0.967 bits per heavy atom. The van der Waals surface area contributed by atoms with Crippen molar-refractivity contribution >= 4 is 11.7 Å². The van der Waals surface area contributed by atoms with Crippen LogP contribution in [0.3, 0.4) is 0 Å². The second kappa shape index (κ2) is 8.30. The van der Waals surface area contributed by atoms with Gasteiger partial charge in [-0.1, -0.05) is 12.1 Å². The molecule has 0 saturated carbocycles. The van der Waals surface area contributed by atoms with Gasteiger partial charge in [-0.25, -0.2) is 9.67 Å². The first kappa shape index (κ1) is 20.1. The molecule has 2 aromatic heterocycles. The molecule has 1 fully saturated rings. The van der Waals surface area contributed by atoms with Crippen LogP contribution in [0.15, 0.2) is 42.6 Å². The fourth-order valence-electron chi connectivity index (χ4n) is 4.03. The second-order valence-electron chi connectivity index (χ2n) is 8.06. The van der Waals surface area contributed by atoms with Gasteiger partial charge >= 0.3 is 0 Å². The zero-order valence-corrected chi connectivity index (χ0v) is 18.2. The molecule has 4 rings (SSSR count). The quantitative estimate of drug-likeness (QED) is 0.670. The summed E-state index contributed by atoms with van der Waals surface area (Å²) in [4.78, 5) is 21.6. The molecular formula is C24H29N5O. The van der Waals surface area contributed by atoms with Crippen LogP contribution in [-0.2, 0) is 11.2 Å². The van der Waals surface area contributed by atoms with E-state index in [1.807, 2.05) is 40.9 Å². The summed E-state index contributed by atoms with van der Waals surface area (Å²) in [6.45, 7) is 11.3. The molecule has 0 N–H and O–H groups in total. The highest BCUT2D eigenvalue weighted by atomic mass is 16.2. The van der Waals surface area contributed by atoms with Crippen molar-refractivity contribution in [3.8, 4) is 5.69 Å². The Bertz CT molecular complexity index is 1050. The minimum absolute atomic E-state index is 0.168. The topological polar surface area (TPSA) is 54.3 Å². The average Bonchev–Trinajstić information content (AvgIpc) is 3.04. The third-order valence-corrected chi connectivity index (χ3v) is 6.11. The molecule has 156 valence electrons. The van der Waals surface area contributed by atoms with Crippen molar-refractivity contribution in [3.63, 3.8) is 0 Å². The van der Waals surface area contributed by atoms with E-state index in [2.05, 4.69) is 48.9 Å². The van der Waals surface area contributed by atoms with Gasteiger partial charge in [-0.05, 0) is 63.1 Å². The number of carbonyl (C=O) groups excluding carboxylic acids is 1. The molecule has 1 amide bonds. The number of benzene rings is 1. The fourth-order valence-corrected chi connectivity index (χ4v) is 4.03. The van der Waals surface area contributed by atoms with Crippen LogP contribution in [0.5, 0.6) is 0 Å². The third-order valence-electron chi connectivity index (χ3n) is 6.11. The van der Waals surface area contributed by atoms with E-state index in [0.717, 1.165) is 54.6 Å². The summed E-state index contributed by atoms with van der Waals surface area (Å²) in [5.74, 6) is 1.15. The van der Waals surface area contributed by atoms with Gasteiger partial charge in [-0.3, -0.25) is 4.79 Å². The molecule has 0 aliphatic carbocycles. The standard InChI is InChI=1S/C24H29N5O/c1-17-8-9-21(15-18(17)2)29-20(4)22(19(3)26-29)16-24(30)28-13-11-27(12-14-28)23-7-5-6-10-25-23/h5-10,15H,11-14,16H2,1-4H3. The second-order valence-corrected chi connectivity index (χ2v) is 8.06. The molecule has 1 saturated heterocycles. The molecular weight excluding hydrogens is 374 g/mol. The molecule has 6 heteroatoms. The van der Waals surface area contributed by atoms with Crippen LogP contribution in [0, 0.1) is 27.7 Å². The van der Waals surface area contributed by atoms with Crippen LogP contribution >= 0.6 is 0 Å². The first-order valence-electron chi connectivity index (χ1n) is 10.5. The SMILES string of the molecule is Cc1ccc(-n2nc(C)c(CC(=O)N3CCN(c4ccccn4)CC3)c2C)cc1C. The lowest BCUT2D eigenvalue weighted by molar-refractivity contribution is -0.130. The van der Waals surface area contributed by atoms with Crippen molar-refractivity contribution in [1.29, 1.82) is 0 Å². The number of amides is 1. The van der Waals surface area contributed by atoms with E-state index < -0.39 is 0 Å². The Morgan fingerprint density at radius 2 is 1.73 bits per heavy atom. The fraction of sp³-hybridized carbons (Fsp3) is 0.375. The first-order chi connectivity index (χ1) is 14.4. The lowest BCUT2D eigenvalue weighted by Gasteiger charge is -2.35. The molecule has 3 aromatic rings. The van der Waals surface area contributed by atoms with Gasteiger partial charge < -0.3 is 9.80 Å². The van der Waals surface area contributed by atoms with E-state index in [1.165, 1.54) is 11.1 Å². The van der Waals surface area contributed by atoms with Crippen molar-refractivity contribution in [2.75, 3.05) is 31.1 Å². The molecule has 30 heavy (non-hydrogen) atoms. The molecule has 0 radical (unpaired) electrons. The van der Waals surface area contributed by atoms with E-state index in [-0.39, 0.29) is 5.91 Å². The van der Waals surface area contributed by atoms with E-state index in [9.17, 15) is 4.79 Å². The Balaban J connectivity index is 1.45. The van der Waals surface area contributed by atoms with E-state index in [1.54, 1.807) is 0 Å². The molecule has 6 nitrogen and oxygen atoms in total. The van der Waals surface area contributed by atoms with Crippen LogP contribution in [0.1, 0.15) is 28.1 Å². The highest BCUT2D eigenvalue weighted by molar-refractivity contribution is 5.79. The van der Waals surface area contributed by atoms with Crippen molar-refractivity contribution in [3.05, 3.63) is 70.7 Å². The van der Waals surface area contributed by atoms with Gasteiger partial charge in [0.15, 0.2) is 0 Å². The smallest absolute Gasteiger partial charge is 0.227 e. The lowest BCUT2D eigenvalue weighted by atomic mass is 10.1. The summed E-state index contributed by atoms with van der Waals surface area (Å²) in [5, 5.41) is 4.73. The van der Waals surface area contributed by atoms with Gasteiger partial charge in [0.2, 0.25) is 5.91 Å². The zero-order valence-electron chi connectivity index (χ0n) is 18.2. The number of carbonyl (C=O) groups is 1. The molecule has 1 aliphatic heterocycles. The predicted molar refractivity (Wildman–Crippen MR) is 119 cm³/mol. The molecule has 1 aromatic carbocycles. The average molecular weight is 404 g/mol. The van der Waals surface area contributed by atoms with Gasteiger partial charge in [0.05, 0.1) is 17.8 Å². The molecule has 0 unspecified atom stereocenters. The number of aromatic nitrogens is 3. The number of nitrogens with zero attached hydrogens (tertiary/aromatic N) is 5. The number of anilines is 1. The lowest BCUT2D eigenvalue weighted by Crippen LogP contribution is -2.49. The first-order valence-corrected chi connectivity index (χ1v) is 10.5. The van der Waals surface area contributed by atoms with Crippen LogP contribution in [0.4, 0.5) is 5.82 Å². The monoisotopic (exact) mass is 403 g/mol. The maximum atomic E-state index is 13.0. The number of pyridine rings is 1. The molecule has 3 heterocycles. The van der Waals surface area contributed by atoms with Gasteiger partial charge in [-0.15, -0.1) is 0 Å². The van der Waals surface area contributed by atoms with Crippen molar-refractivity contribution in [2.24, 2.45) is 0 Å². The summed E-state index contributed by atoms with van der Waals surface area (Å²) in [7, 11) is 0. The van der Waals surface area contributed by atoms with E-state index in [0.29, 0.717) is 6.42 Å². The third kappa shape index (κ3) is 3.95. The van der Waals surface area contributed by atoms with Gasteiger partial charge in [0.1, 0.15) is 5.82 Å². The Hall–Kier alpha value is -3.15. The Kier molecular flexibility index (Phi) is 5.57. The largest absolute Gasteiger partial charge is 0.353 e. The zero-order chi connectivity index (χ0) is 21.3. The van der Waals surface area contributed by atoms with Crippen LogP contribution in [0.25, 0.3) is 5.69 Å². The summed E-state index contributed by atoms with van der Waals surface area (Å²) in [5.41, 5.74) is 6.54. The minimum atomic E-state index is 0.168. The van der Waals surface area contributed by atoms with Crippen LogP contribution in [-0.4, -0.2) is 51.8 Å². The molecule has 0 atom stereocenters. The Morgan fingerprint density at radius 3 is 2.40 bits per heavy atom. The van der Waals surface area contributed by atoms with Gasteiger partial charge in [-0.2, -0.15) is 5.10 Å². The maximum absolute atomic E-state index is 13.0. The summed E-state index contributed by atoms with van der Waals surface area (Å²) in [6, 6.07) is 12.3. The molecule has 0 bridgehead atoms. The summed E-state index contributed by atoms with van der Waals surface area (Å²) >= 11 is 0. The number of piperazine rings is 1.